The van der Waals surface area contributed by atoms with Crippen LogP contribution in [0.25, 0.3) is 0 Å². The Balaban J connectivity index is 2.17. The van der Waals surface area contributed by atoms with Crippen LogP contribution in [0.2, 0.25) is 0 Å². The first-order chi connectivity index (χ1) is 8.19. The van der Waals surface area contributed by atoms with E-state index in [2.05, 4.69) is 10.5 Å². The number of nitrogens with zero attached hydrogens (tertiary/aromatic N) is 1. The van der Waals surface area contributed by atoms with E-state index in [0.717, 1.165) is 0 Å². The minimum atomic E-state index is -0.262. The zero-order chi connectivity index (χ0) is 12.3. The Hall–Kier alpha value is -2.56. The van der Waals surface area contributed by atoms with Crippen molar-refractivity contribution in [1.82, 2.24) is 0 Å². The summed E-state index contributed by atoms with van der Waals surface area (Å²) in [6.07, 6.45) is 3.66. The van der Waals surface area contributed by atoms with Gasteiger partial charge in [-0.2, -0.15) is 0 Å². The second-order valence-electron chi connectivity index (χ2n) is 3.42. The molecule has 0 fully saturated rings. The van der Waals surface area contributed by atoms with Gasteiger partial charge < -0.3 is 5.32 Å². The summed E-state index contributed by atoms with van der Waals surface area (Å²) >= 11 is 0. The fraction of sp³-hybridized carbons (Fsp3) is 0. The maximum atomic E-state index is 11.4. The van der Waals surface area contributed by atoms with Gasteiger partial charge in [-0.1, -0.05) is 0 Å². The first-order valence-electron chi connectivity index (χ1n) is 4.87. The minimum Gasteiger partial charge on any atom is -0.352 e. The van der Waals surface area contributed by atoms with Gasteiger partial charge in [0.2, 0.25) is 5.78 Å². The number of anilines is 1. The lowest BCUT2D eigenvalue weighted by Gasteiger charge is -2.09. The Morgan fingerprint density at radius 1 is 1.00 bits per heavy atom. The lowest BCUT2D eigenvalue weighted by Crippen LogP contribution is -2.14. The molecule has 1 aliphatic rings. The summed E-state index contributed by atoms with van der Waals surface area (Å²) in [4.78, 5) is 32.7. The number of hydrogen-bond donors (Lipinski definition) is 1. The monoisotopic (exact) mass is 228 g/mol. The summed E-state index contributed by atoms with van der Waals surface area (Å²) in [6.45, 7) is 0. The van der Waals surface area contributed by atoms with Crippen molar-refractivity contribution in [2.45, 2.75) is 0 Å². The van der Waals surface area contributed by atoms with E-state index >= 15 is 0 Å². The predicted molar refractivity (Wildman–Crippen MR) is 62.8 cm³/mol. The first-order valence-corrected chi connectivity index (χ1v) is 4.87. The molecule has 0 bridgehead atoms. The predicted octanol–water partition coefficient (Wildman–Crippen LogP) is 2.09. The van der Waals surface area contributed by atoms with E-state index in [1.165, 1.54) is 30.4 Å². The summed E-state index contributed by atoms with van der Waals surface area (Å²) in [7, 11) is 0. The van der Waals surface area contributed by atoms with E-state index in [9.17, 15) is 14.5 Å². The second kappa shape index (κ2) is 4.52. The third-order valence-corrected chi connectivity index (χ3v) is 2.20. The number of nitroso groups, excluding NO2 is 1. The highest BCUT2D eigenvalue weighted by atomic mass is 16.3. The number of benzene rings is 1. The molecule has 0 amide bonds. The fourth-order valence-corrected chi connectivity index (χ4v) is 1.37. The van der Waals surface area contributed by atoms with Crippen molar-refractivity contribution in [1.29, 1.82) is 0 Å². The lowest BCUT2D eigenvalue weighted by molar-refractivity contribution is -0.114. The van der Waals surface area contributed by atoms with Gasteiger partial charge in [-0.25, -0.2) is 0 Å². The smallest absolute Gasteiger partial charge is 0.202 e. The Morgan fingerprint density at radius 2 is 1.71 bits per heavy atom. The van der Waals surface area contributed by atoms with Crippen molar-refractivity contribution in [2.24, 2.45) is 5.18 Å². The molecule has 1 aromatic carbocycles. The van der Waals surface area contributed by atoms with Crippen LogP contribution in [0.1, 0.15) is 0 Å². The normalized spacial score (nSPS) is 14.5. The summed E-state index contributed by atoms with van der Waals surface area (Å²) in [6, 6.07) is 6.24. The van der Waals surface area contributed by atoms with Crippen molar-refractivity contribution >= 4 is 22.9 Å². The van der Waals surface area contributed by atoms with Crippen molar-refractivity contribution in [3.8, 4) is 0 Å². The number of rotatable bonds is 3. The van der Waals surface area contributed by atoms with Gasteiger partial charge in [0.05, 0.1) is 5.70 Å². The molecular formula is C12H8N2O3. The Bertz CT molecular complexity index is 541. The third kappa shape index (κ3) is 2.52. The molecule has 84 valence electrons. The summed E-state index contributed by atoms with van der Waals surface area (Å²) < 4.78 is 0. The largest absolute Gasteiger partial charge is 0.352 e. The van der Waals surface area contributed by atoms with Crippen LogP contribution in [-0.4, -0.2) is 11.6 Å². The molecule has 17 heavy (non-hydrogen) atoms. The zero-order valence-corrected chi connectivity index (χ0v) is 8.71. The molecule has 1 aromatic rings. The number of nitrogens with one attached hydrogen (secondary N) is 1. The van der Waals surface area contributed by atoms with Crippen molar-refractivity contribution in [2.75, 3.05) is 5.32 Å². The molecule has 0 saturated carbocycles. The topological polar surface area (TPSA) is 75.6 Å². The van der Waals surface area contributed by atoms with Gasteiger partial charge in [0, 0.05) is 11.8 Å². The highest BCUT2D eigenvalue weighted by Crippen LogP contribution is 2.18. The molecule has 5 nitrogen and oxygen atoms in total. The van der Waals surface area contributed by atoms with Gasteiger partial charge in [-0.05, 0) is 41.6 Å². The molecule has 0 saturated heterocycles. The molecule has 1 aliphatic carbocycles. The quantitative estimate of drug-likeness (QED) is 0.634. The SMILES string of the molecule is O=Nc1ccc(NC2=CC(=O)C=CC2=O)cc1. The second-order valence-corrected chi connectivity index (χ2v) is 3.42. The highest BCUT2D eigenvalue weighted by Gasteiger charge is 2.12. The molecule has 5 heteroatoms. The molecule has 1 N–H and O–H groups in total. The van der Waals surface area contributed by atoms with E-state index in [4.69, 9.17) is 0 Å². The average molecular weight is 228 g/mol. The Labute approximate surface area is 96.8 Å². The van der Waals surface area contributed by atoms with Crippen LogP contribution in [-0.2, 0) is 9.59 Å². The van der Waals surface area contributed by atoms with E-state index in [1.807, 2.05) is 0 Å². The number of carbonyl (C=O) groups is 2. The summed E-state index contributed by atoms with van der Waals surface area (Å²) in [5.41, 5.74) is 1.12. The van der Waals surface area contributed by atoms with Crippen LogP contribution < -0.4 is 5.32 Å². The molecule has 0 radical (unpaired) electrons. The third-order valence-electron chi connectivity index (χ3n) is 2.20. The van der Waals surface area contributed by atoms with Crippen LogP contribution >= 0.6 is 0 Å². The summed E-state index contributed by atoms with van der Waals surface area (Å²) in [5.74, 6) is -0.500. The number of hydrogen-bond acceptors (Lipinski definition) is 5. The molecule has 0 heterocycles. The molecule has 0 atom stereocenters. The van der Waals surface area contributed by atoms with E-state index in [0.29, 0.717) is 11.4 Å². The fourth-order valence-electron chi connectivity index (χ4n) is 1.37. The molecule has 0 aliphatic heterocycles. The van der Waals surface area contributed by atoms with Crippen LogP contribution in [0.15, 0.2) is 53.4 Å². The van der Waals surface area contributed by atoms with Gasteiger partial charge >= 0.3 is 0 Å². The van der Waals surface area contributed by atoms with Gasteiger partial charge in [0.1, 0.15) is 5.69 Å². The number of carbonyl (C=O) groups excluding carboxylic acids is 2. The lowest BCUT2D eigenvalue weighted by atomic mass is 10.1. The molecule has 0 spiro atoms. The van der Waals surface area contributed by atoms with Gasteiger partial charge in [0.15, 0.2) is 5.78 Å². The zero-order valence-electron chi connectivity index (χ0n) is 8.71. The Kier molecular flexibility index (Phi) is 2.91. The van der Waals surface area contributed by atoms with E-state index in [1.54, 1.807) is 12.1 Å². The molecular weight excluding hydrogens is 220 g/mol. The highest BCUT2D eigenvalue weighted by molar-refractivity contribution is 6.18. The van der Waals surface area contributed by atoms with Crippen LogP contribution in [0.3, 0.4) is 0 Å². The van der Waals surface area contributed by atoms with Crippen LogP contribution in [0.4, 0.5) is 11.4 Å². The molecule has 0 unspecified atom stereocenters. The van der Waals surface area contributed by atoms with E-state index < -0.39 is 0 Å². The van der Waals surface area contributed by atoms with Crippen LogP contribution in [0.5, 0.6) is 0 Å². The standard InChI is InChI=1S/C12H8N2O3/c15-10-5-6-12(16)11(7-10)13-8-1-3-9(14-17)4-2-8/h1-7,13H. The number of allylic oxidation sites excluding steroid dienone is 3. The minimum absolute atomic E-state index is 0.212. The van der Waals surface area contributed by atoms with Crippen molar-refractivity contribution in [3.63, 3.8) is 0 Å². The summed E-state index contributed by atoms with van der Waals surface area (Å²) in [5, 5.41) is 5.57. The first kappa shape index (κ1) is 10.9. The van der Waals surface area contributed by atoms with Crippen molar-refractivity contribution in [3.05, 3.63) is 53.1 Å². The molecule has 0 aromatic heterocycles. The maximum absolute atomic E-state index is 11.4. The van der Waals surface area contributed by atoms with Crippen molar-refractivity contribution < 1.29 is 9.59 Å². The van der Waals surface area contributed by atoms with Gasteiger partial charge in [-0.3, -0.25) is 9.59 Å². The Morgan fingerprint density at radius 3 is 2.35 bits per heavy atom. The van der Waals surface area contributed by atoms with E-state index in [-0.39, 0.29) is 17.3 Å². The van der Waals surface area contributed by atoms with Gasteiger partial charge in [0.25, 0.3) is 0 Å². The van der Waals surface area contributed by atoms with Crippen LogP contribution in [0, 0.1) is 4.91 Å². The number of ketones is 2. The van der Waals surface area contributed by atoms with Gasteiger partial charge in [-0.15, -0.1) is 4.91 Å². The average Bonchev–Trinajstić information content (AvgIpc) is 2.35. The maximum Gasteiger partial charge on any atom is 0.202 e. The molecule has 2 rings (SSSR count).